The van der Waals surface area contributed by atoms with E-state index < -0.39 is 11.7 Å². The summed E-state index contributed by atoms with van der Waals surface area (Å²) in [6.45, 7) is 0.554. The molecule has 0 spiro atoms. The minimum atomic E-state index is -4.37. The number of hydrogen-bond acceptors (Lipinski definition) is 4. The highest BCUT2D eigenvalue weighted by molar-refractivity contribution is 5.92. The standard InChI is InChI=1S/C23H21F3N4O2/c1-29-21(31)12-11-19(28-29)22(32)30-13-3-6-20(30)18-5-2-4-17(27-18)14-15-7-9-16(10-8-15)23(24,25)26/h2,4-5,7-12,20H,3,6,13-14H2,1H3/t20-/m0/s1. The highest BCUT2D eigenvalue weighted by Crippen LogP contribution is 2.32. The van der Waals surface area contributed by atoms with Gasteiger partial charge in [0.2, 0.25) is 0 Å². The van der Waals surface area contributed by atoms with Crippen LogP contribution in [0.25, 0.3) is 0 Å². The van der Waals surface area contributed by atoms with Gasteiger partial charge in [0.25, 0.3) is 11.5 Å². The number of nitrogens with zero attached hydrogens (tertiary/aromatic N) is 4. The van der Waals surface area contributed by atoms with E-state index in [1.54, 1.807) is 4.90 Å². The zero-order valence-corrected chi connectivity index (χ0v) is 17.3. The number of carbonyl (C=O) groups is 1. The lowest BCUT2D eigenvalue weighted by atomic mass is 10.1. The van der Waals surface area contributed by atoms with Crippen LogP contribution in [0.1, 0.15) is 51.9 Å². The van der Waals surface area contributed by atoms with Crippen LogP contribution in [0.2, 0.25) is 0 Å². The Morgan fingerprint density at radius 3 is 2.53 bits per heavy atom. The number of alkyl halides is 3. The number of halogens is 3. The van der Waals surface area contributed by atoms with Crippen LogP contribution in [0.15, 0.2) is 59.4 Å². The number of benzene rings is 1. The molecule has 9 heteroatoms. The number of hydrogen-bond donors (Lipinski definition) is 0. The van der Waals surface area contributed by atoms with Crippen molar-refractivity contribution in [2.45, 2.75) is 31.5 Å². The van der Waals surface area contributed by atoms with Crippen LogP contribution in [0.5, 0.6) is 0 Å². The molecule has 1 atom stereocenters. The Morgan fingerprint density at radius 1 is 1.09 bits per heavy atom. The second kappa shape index (κ2) is 8.57. The maximum Gasteiger partial charge on any atom is 0.416 e. The van der Waals surface area contributed by atoms with Gasteiger partial charge >= 0.3 is 6.18 Å². The fraction of sp³-hybridized carbons (Fsp3) is 0.304. The Labute approximate surface area is 182 Å². The van der Waals surface area contributed by atoms with E-state index in [9.17, 15) is 22.8 Å². The van der Waals surface area contributed by atoms with Crippen LogP contribution < -0.4 is 5.56 Å². The first kappa shape index (κ1) is 21.7. The highest BCUT2D eigenvalue weighted by atomic mass is 19.4. The van der Waals surface area contributed by atoms with E-state index in [4.69, 9.17) is 0 Å². The highest BCUT2D eigenvalue weighted by Gasteiger charge is 2.33. The second-order valence-electron chi connectivity index (χ2n) is 7.76. The summed E-state index contributed by atoms with van der Waals surface area (Å²) in [7, 11) is 1.49. The van der Waals surface area contributed by atoms with Crippen LogP contribution in [0.4, 0.5) is 13.2 Å². The molecule has 0 bridgehead atoms. The number of rotatable bonds is 4. The summed E-state index contributed by atoms with van der Waals surface area (Å²) < 4.78 is 39.4. The second-order valence-corrected chi connectivity index (χ2v) is 7.76. The molecule has 0 radical (unpaired) electrons. The molecule has 32 heavy (non-hydrogen) atoms. The van der Waals surface area contributed by atoms with E-state index in [2.05, 4.69) is 10.1 Å². The van der Waals surface area contributed by atoms with Crippen molar-refractivity contribution in [3.05, 3.63) is 93.2 Å². The van der Waals surface area contributed by atoms with Crippen molar-refractivity contribution in [1.82, 2.24) is 19.7 Å². The summed E-state index contributed by atoms with van der Waals surface area (Å²) in [5.41, 5.74) is 1.37. The molecule has 1 aliphatic rings. The van der Waals surface area contributed by atoms with Crippen LogP contribution in [-0.4, -0.2) is 32.1 Å². The van der Waals surface area contributed by atoms with Crippen molar-refractivity contribution in [3.8, 4) is 0 Å². The van der Waals surface area contributed by atoms with Gasteiger partial charge in [0.05, 0.1) is 17.3 Å². The molecule has 0 unspecified atom stereocenters. The van der Waals surface area contributed by atoms with E-state index in [0.717, 1.165) is 40.9 Å². The zero-order valence-electron chi connectivity index (χ0n) is 17.3. The molecule has 2 aromatic heterocycles. The van der Waals surface area contributed by atoms with Crippen LogP contribution in [0, 0.1) is 0 Å². The Bertz CT molecular complexity index is 1190. The summed E-state index contributed by atoms with van der Waals surface area (Å²) >= 11 is 0. The number of pyridine rings is 1. The van der Waals surface area contributed by atoms with E-state index in [1.807, 2.05) is 18.2 Å². The molecule has 1 aromatic carbocycles. The molecule has 1 amide bonds. The predicted molar refractivity (Wildman–Crippen MR) is 111 cm³/mol. The first-order chi connectivity index (χ1) is 15.2. The smallest absolute Gasteiger partial charge is 0.329 e. The number of amides is 1. The van der Waals surface area contributed by atoms with Crippen molar-refractivity contribution in [2.24, 2.45) is 7.05 Å². The van der Waals surface area contributed by atoms with Gasteiger partial charge in [-0.2, -0.15) is 18.3 Å². The van der Waals surface area contributed by atoms with Gasteiger partial charge < -0.3 is 4.90 Å². The third kappa shape index (κ3) is 4.56. The van der Waals surface area contributed by atoms with Gasteiger partial charge in [-0.25, -0.2) is 4.68 Å². The summed E-state index contributed by atoms with van der Waals surface area (Å²) in [5, 5.41) is 4.06. The van der Waals surface area contributed by atoms with Gasteiger partial charge in [-0.05, 0) is 48.7 Å². The molecule has 0 saturated carbocycles. The Hall–Kier alpha value is -3.49. The molecule has 166 valence electrons. The van der Waals surface area contributed by atoms with Crippen molar-refractivity contribution >= 4 is 5.91 Å². The normalized spacial score (nSPS) is 16.4. The number of likely N-dealkylation sites (tertiary alicyclic amines) is 1. The topological polar surface area (TPSA) is 68.1 Å². The molecular weight excluding hydrogens is 421 g/mol. The first-order valence-electron chi connectivity index (χ1n) is 10.2. The van der Waals surface area contributed by atoms with E-state index in [-0.39, 0.29) is 23.2 Å². The average molecular weight is 442 g/mol. The summed E-state index contributed by atoms with van der Waals surface area (Å²) in [6, 6.07) is 13.1. The minimum absolute atomic E-state index is 0.194. The van der Waals surface area contributed by atoms with E-state index in [0.29, 0.717) is 18.7 Å². The molecule has 6 nitrogen and oxygen atoms in total. The third-order valence-corrected chi connectivity index (χ3v) is 5.53. The van der Waals surface area contributed by atoms with Crippen LogP contribution in [-0.2, 0) is 19.6 Å². The number of aryl methyl sites for hydroxylation is 1. The lowest BCUT2D eigenvalue weighted by Crippen LogP contribution is -2.33. The summed E-state index contributed by atoms with van der Waals surface area (Å²) in [4.78, 5) is 31.0. The summed E-state index contributed by atoms with van der Waals surface area (Å²) in [5.74, 6) is -0.266. The van der Waals surface area contributed by atoms with Gasteiger partial charge in [-0.1, -0.05) is 18.2 Å². The van der Waals surface area contributed by atoms with Crippen molar-refractivity contribution < 1.29 is 18.0 Å². The van der Waals surface area contributed by atoms with Crippen LogP contribution in [0.3, 0.4) is 0 Å². The molecule has 3 aromatic rings. The maximum atomic E-state index is 13.0. The monoisotopic (exact) mass is 442 g/mol. The van der Waals surface area contributed by atoms with E-state index in [1.165, 1.54) is 31.3 Å². The third-order valence-electron chi connectivity index (χ3n) is 5.53. The molecule has 1 aliphatic heterocycles. The minimum Gasteiger partial charge on any atom is -0.329 e. The molecular formula is C23H21F3N4O2. The van der Waals surface area contributed by atoms with Gasteiger partial charge in [0, 0.05) is 31.8 Å². The van der Waals surface area contributed by atoms with Crippen molar-refractivity contribution in [3.63, 3.8) is 0 Å². The Balaban J connectivity index is 1.53. The quantitative estimate of drug-likeness (QED) is 0.617. The average Bonchev–Trinajstić information content (AvgIpc) is 3.25. The lowest BCUT2D eigenvalue weighted by Gasteiger charge is -2.24. The first-order valence-corrected chi connectivity index (χ1v) is 10.2. The fourth-order valence-electron chi connectivity index (χ4n) is 3.88. The number of carbonyl (C=O) groups excluding carboxylic acids is 1. The number of aromatic nitrogens is 3. The SMILES string of the molecule is Cn1nc(C(=O)N2CCC[C@H]2c2cccc(Cc3ccc(C(F)(F)F)cc3)n2)ccc1=O. The van der Waals surface area contributed by atoms with Crippen molar-refractivity contribution in [1.29, 1.82) is 0 Å². The molecule has 3 heterocycles. The fourth-order valence-corrected chi connectivity index (χ4v) is 3.88. The Kier molecular flexibility index (Phi) is 5.82. The van der Waals surface area contributed by atoms with Crippen LogP contribution >= 0.6 is 0 Å². The van der Waals surface area contributed by atoms with Gasteiger partial charge in [0.15, 0.2) is 0 Å². The zero-order chi connectivity index (χ0) is 22.9. The molecule has 1 fully saturated rings. The van der Waals surface area contributed by atoms with Gasteiger partial charge in [-0.3, -0.25) is 14.6 Å². The molecule has 1 saturated heterocycles. The predicted octanol–water partition coefficient (Wildman–Crippen LogP) is 3.76. The molecule has 0 aliphatic carbocycles. The molecule has 0 N–H and O–H groups in total. The van der Waals surface area contributed by atoms with E-state index >= 15 is 0 Å². The van der Waals surface area contributed by atoms with Gasteiger partial charge in [-0.15, -0.1) is 0 Å². The maximum absolute atomic E-state index is 13.0. The van der Waals surface area contributed by atoms with Crippen molar-refractivity contribution in [2.75, 3.05) is 6.54 Å². The largest absolute Gasteiger partial charge is 0.416 e. The molecule has 4 rings (SSSR count). The van der Waals surface area contributed by atoms with Gasteiger partial charge in [0.1, 0.15) is 5.69 Å². The summed E-state index contributed by atoms with van der Waals surface area (Å²) in [6.07, 6.45) is -2.43. The Morgan fingerprint density at radius 2 is 1.84 bits per heavy atom. The lowest BCUT2D eigenvalue weighted by molar-refractivity contribution is -0.137.